The van der Waals surface area contributed by atoms with E-state index in [1.165, 1.54) is 6.42 Å². The maximum absolute atomic E-state index is 12.0. The molecule has 0 bridgehead atoms. The zero-order valence-corrected chi connectivity index (χ0v) is 9.69. The van der Waals surface area contributed by atoms with E-state index < -0.39 is 12.6 Å². The van der Waals surface area contributed by atoms with Gasteiger partial charge in [0.25, 0.3) is 0 Å². The lowest BCUT2D eigenvalue weighted by Crippen LogP contribution is -2.40. The predicted molar refractivity (Wildman–Crippen MR) is 57.5 cm³/mol. The van der Waals surface area contributed by atoms with Gasteiger partial charge in [-0.2, -0.15) is 13.2 Å². The van der Waals surface area contributed by atoms with Crippen molar-refractivity contribution in [3.8, 4) is 0 Å². The number of hydrazine groups is 1. The summed E-state index contributed by atoms with van der Waals surface area (Å²) in [5, 5.41) is 0. The van der Waals surface area contributed by atoms with Gasteiger partial charge in [-0.05, 0) is 37.5 Å². The van der Waals surface area contributed by atoms with Crippen LogP contribution in [0, 0.1) is 11.8 Å². The molecule has 1 aliphatic carbocycles. The quantitative estimate of drug-likeness (QED) is 0.571. The highest BCUT2D eigenvalue weighted by molar-refractivity contribution is 4.82. The van der Waals surface area contributed by atoms with Gasteiger partial charge in [-0.3, -0.25) is 11.3 Å². The van der Waals surface area contributed by atoms with Crippen molar-refractivity contribution >= 4 is 0 Å². The van der Waals surface area contributed by atoms with Crippen LogP contribution in [-0.2, 0) is 0 Å². The second kappa shape index (κ2) is 5.87. The van der Waals surface area contributed by atoms with Gasteiger partial charge in [-0.1, -0.05) is 13.3 Å². The molecule has 3 unspecified atom stereocenters. The van der Waals surface area contributed by atoms with Crippen molar-refractivity contribution in [3.05, 3.63) is 0 Å². The van der Waals surface area contributed by atoms with Crippen molar-refractivity contribution < 1.29 is 13.2 Å². The summed E-state index contributed by atoms with van der Waals surface area (Å²) < 4.78 is 36.0. The van der Waals surface area contributed by atoms with Gasteiger partial charge in [-0.15, -0.1) is 0 Å². The topological polar surface area (TPSA) is 38.0 Å². The lowest BCUT2D eigenvalue weighted by atomic mass is 9.93. The summed E-state index contributed by atoms with van der Waals surface area (Å²) in [4.78, 5) is 0. The van der Waals surface area contributed by atoms with Gasteiger partial charge in [0, 0.05) is 12.5 Å². The second-order valence-electron chi connectivity index (χ2n) is 4.96. The standard InChI is InChI=1S/C11H21F3N2/c1-8-4-5-9(7-8)10(16-15)3-2-6-11(12,13)14/h8-10,16H,2-7,15H2,1H3. The summed E-state index contributed by atoms with van der Waals surface area (Å²) in [6.07, 6.45) is -0.711. The summed E-state index contributed by atoms with van der Waals surface area (Å²) in [6, 6.07) is 0.0484. The molecule has 16 heavy (non-hydrogen) atoms. The molecule has 1 aliphatic rings. The van der Waals surface area contributed by atoms with Crippen LogP contribution in [0.2, 0.25) is 0 Å². The lowest BCUT2D eigenvalue weighted by Gasteiger charge is -2.23. The molecule has 5 heteroatoms. The molecule has 1 saturated carbocycles. The molecular formula is C11H21F3N2. The van der Waals surface area contributed by atoms with Crippen LogP contribution in [0.4, 0.5) is 13.2 Å². The van der Waals surface area contributed by atoms with Crippen LogP contribution in [0.1, 0.15) is 45.4 Å². The zero-order chi connectivity index (χ0) is 12.2. The van der Waals surface area contributed by atoms with Gasteiger partial charge >= 0.3 is 6.18 Å². The molecular weight excluding hydrogens is 217 g/mol. The monoisotopic (exact) mass is 238 g/mol. The Morgan fingerprint density at radius 2 is 2.06 bits per heavy atom. The fraction of sp³-hybridized carbons (Fsp3) is 1.00. The molecule has 3 N–H and O–H groups in total. The van der Waals surface area contributed by atoms with Crippen molar-refractivity contribution in [2.45, 2.75) is 57.7 Å². The van der Waals surface area contributed by atoms with E-state index in [0.717, 1.165) is 12.8 Å². The first-order chi connectivity index (χ1) is 7.42. The highest BCUT2D eigenvalue weighted by atomic mass is 19.4. The molecule has 0 amide bonds. The van der Waals surface area contributed by atoms with Crippen molar-refractivity contribution in [1.82, 2.24) is 5.43 Å². The third kappa shape index (κ3) is 4.70. The molecule has 0 spiro atoms. The van der Waals surface area contributed by atoms with Gasteiger partial charge in [0.05, 0.1) is 0 Å². The van der Waals surface area contributed by atoms with Crippen molar-refractivity contribution in [3.63, 3.8) is 0 Å². The molecule has 0 aromatic heterocycles. The summed E-state index contributed by atoms with van der Waals surface area (Å²) in [6.45, 7) is 2.18. The molecule has 0 radical (unpaired) electrons. The van der Waals surface area contributed by atoms with Crippen LogP contribution >= 0.6 is 0 Å². The number of hydrogen-bond acceptors (Lipinski definition) is 2. The molecule has 0 saturated heterocycles. The molecule has 1 fully saturated rings. The number of nitrogens with two attached hydrogens (primary N) is 1. The molecule has 0 heterocycles. The highest BCUT2D eigenvalue weighted by Gasteiger charge is 2.30. The minimum absolute atomic E-state index is 0.0484. The van der Waals surface area contributed by atoms with E-state index in [9.17, 15) is 13.2 Å². The highest BCUT2D eigenvalue weighted by Crippen LogP contribution is 2.34. The van der Waals surface area contributed by atoms with E-state index in [4.69, 9.17) is 5.84 Å². The van der Waals surface area contributed by atoms with Crippen LogP contribution in [0.5, 0.6) is 0 Å². The van der Waals surface area contributed by atoms with E-state index in [0.29, 0.717) is 18.3 Å². The summed E-state index contributed by atoms with van der Waals surface area (Å²) in [7, 11) is 0. The number of hydrogen-bond donors (Lipinski definition) is 2. The van der Waals surface area contributed by atoms with Crippen LogP contribution in [0.15, 0.2) is 0 Å². The first kappa shape index (κ1) is 13.8. The van der Waals surface area contributed by atoms with Crippen LogP contribution in [0.25, 0.3) is 0 Å². The Kier molecular flexibility index (Phi) is 5.05. The van der Waals surface area contributed by atoms with Crippen molar-refractivity contribution in [2.24, 2.45) is 17.7 Å². The summed E-state index contributed by atoms with van der Waals surface area (Å²) >= 11 is 0. The Morgan fingerprint density at radius 3 is 2.50 bits per heavy atom. The van der Waals surface area contributed by atoms with Crippen molar-refractivity contribution in [2.75, 3.05) is 0 Å². The van der Waals surface area contributed by atoms with Gasteiger partial charge in [-0.25, -0.2) is 0 Å². The minimum Gasteiger partial charge on any atom is -0.271 e. The zero-order valence-electron chi connectivity index (χ0n) is 9.69. The normalized spacial score (nSPS) is 28.3. The van der Waals surface area contributed by atoms with Crippen LogP contribution in [-0.4, -0.2) is 12.2 Å². The second-order valence-corrected chi connectivity index (χ2v) is 4.96. The molecule has 96 valence electrons. The fourth-order valence-electron chi connectivity index (χ4n) is 2.59. The van der Waals surface area contributed by atoms with Gasteiger partial charge in [0.15, 0.2) is 0 Å². The van der Waals surface area contributed by atoms with E-state index in [-0.39, 0.29) is 12.5 Å². The van der Waals surface area contributed by atoms with E-state index in [1.807, 2.05) is 0 Å². The third-order valence-corrected chi connectivity index (χ3v) is 3.49. The summed E-state index contributed by atoms with van der Waals surface area (Å²) in [5.74, 6) is 6.55. The number of nitrogens with one attached hydrogen (secondary N) is 1. The average Bonchev–Trinajstić information content (AvgIpc) is 2.58. The Hall–Kier alpha value is -0.290. The smallest absolute Gasteiger partial charge is 0.271 e. The van der Waals surface area contributed by atoms with Crippen LogP contribution < -0.4 is 11.3 Å². The lowest BCUT2D eigenvalue weighted by molar-refractivity contribution is -0.136. The Bertz CT molecular complexity index is 206. The minimum atomic E-state index is -4.04. The van der Waals surface area contributed by atoms with Crippen LogP contribution in [0.3, 0.4) is 0 Å². The Morgan fingerprint density at radius 1 is 1.38 bits per heavy atom. The molecule has 2 nitrogen and oxygen atoms in total. The van der Waals surface area contributed by atoms with Gasteiger partial charge < -0.3 is 0 Å². The number of alkyl halides is 3. The molecule has 1 rings (SSSR count). The number of halogens is 3. The van der Waals surface area contributed by atoms with E-state index in [1.54, 1.807) is 0 Å². The Balaban J connectivity index is 2.27. The largest absolute Gasteiger partial charge is 0.389 e. The maximum atomic E-state index is 12.0. The Labute approximate surface area is 94.7 Å². The third-order valence-electron chi connectivity index (χ3n) is 3.49. The molecule has 3 atom stereocenters. The van der Waals surface area contributed by atoms with Gasteiger partial charge in [0.2, 0.25) is 0 Å². The first-order valence-corrected chi connectivity index (χ1v) is 5.95. The van der Waals surface area contributed by atoms with E-state index in [2.05, 4.69) is 12.3 Å². The SMILES string of the molecule is CC1CCC(C(CCCC(F)(F)F)NN)C1. The van der Waals surface area contributed by atoms with Gasteiger partial charge in [0.1, 0.15) is 0 Å². The molecule has 0 aromatic carbocycles. The molecule has 0 aromatic rings. The average molecular weight is 238 g/mol. The molecule has 0 aliphatic heterocycles. The van der Waals surface area contributed by atoms with Crippen molar-refractivity contribution in [1.29, 1.82) is 0 Å². The predicted octanol–water partition coefficient (Wildman–Crippen LogP) is 2.99. The summed E-state index contributed by atoms with van der Waals surface area (Å²) in [5.41, 5.74) is 2.68. The van der Waals surface area contributed by atoms with E-state index >= 15 is 0 Å². The maximum Gasteiger partial charge on any atom is 0.389 e. The fourth-order valence-corrected chi connectivity index (χ4v) is 2.59. The number of rotatable bonds is 5. The first-order valence-electron chi connectivity index (χ1n) is 5.95.